The summed E-state index contributed by atoms with van der Waals surface area (Å²) >= 11 is 0. The summed E-state index contributed by atoms with van der Waals surface area (Å²) in [6, 6.07) is 9.39. The molecule has 0 aliphatic rings. The standard InChI is InChI=1S/C9H7N3O/c13-7-9-6-10-11-12(9)8-4-2-1-3-5-8/h1-7H. The summed E-state index contributed by atoms with van der Waals surface area (Å²) < 4.78 is 1.49. The smallest absolute Gasteiger partial charge is 0.170 e. The molecule has 0 bridgehead atoms. The number of aldehydes is 1. The van der Waals surface area contributed by atoms with E-state index in [1.54, 1.807) is 0 Å². The number of hydrogen-bond acceptors (Lipinski definition) is 3. The quantitative estimate of drug-likeness (QED) is 0.638. The molecule has 1 heterocycles. The van der Waals surface area contributed by atoms with Crippen molar-refractivity contribution in [2.24, 2.45) is 0 Å². The van der Waals surface area contributed by atoms with Gasteiger partial charge in [0.1, 0.15) is 5.69 Å². The molecular formula is C9H7N3O. The fourth-order valence-corrected chi connectivity index (χ4v) is 1.09. The van der Waals surface area contributed by atoms with Crippen molar-refractivity contribution in [3.63, 3.8) is 0 Å². The fraction of sp³-hybridized carbons (Fsp3) is 0. The van der Waals surface area contributed by atoms with Gasteiger partial charge in [0.05, 0.1) is 11.9 Å². The van der Waals surface area contributed by atoms with Crippen LogP contribution >= 0.6 is 0 Å². The number of para-hydroxylation sites is 1. The van der Waals surface area contributed by atoms with Gasteiger partial charge in [-0.2, -0.15) is 0 Å². The van der Waals surface area contributed by atoms with Crippen LogP contribution in [-0.4, -0.2) is 21.3 Å². The summed E-state index contributed by atoms with van der Waals surface area (Å²) in [6.45, 7) is 0. The SMILES string of the molecule is O=Cc1cnnn1-c1ccccc1. The van der Waals surface area contributed by atoms with Crippen LogP contribution in [0.1, 0.15) is 10.5 Å². The van der Waals surface area contributed by atoms with Gasteiger partial charge in [0.25, 0.3) is 0 Å². The molecular weight excluding hydrogens is 166 g/mol. The first-order chi connectivity index (χ1) is 6.42. The summed E-state index contributed by atoms with van der Waals surface area (Å²) in [5, 5.41) is 7.44. The van der Waals surface area contributed by atoms with Crippen molar-refractivity contribution in [1.82, 2.24) is 15.0 Å². The van der Waals surface area contributed by atoms with Crippen molar-refractivity contribution in [2.45, 2.75) is 0 Å². The molecule has 0 atom stereocenters. The Bertz CT molecular complexity index is 408. The molecule has 0 aliphatic carbocycles. The van der Waals surface area contributed by atoms with Gasteiger partial charge in [-0.15, -0.1) is 5.10 Å². The molecule has 0 spiro atoms. The highest BCUT2D eigenvalue weighted by atomic mass is 16.1. The highest BCUT2D eigenvalue weighted by Crippen LogP contribution is 2.06. The molecule has 0 aliphatic heterocycles. The number of aromatic nitrogens is 3. The van der Waals surface area contributed by atoms with Crippen molar-refractivity contribution >= 4 is 6.29 Å². The van der Waals surface area contributed by atoms with E-state index in [2.05, 4.69) is 10.3 Å². The van der Waals surface area contributed by atoms with Crippen LogP contribution in [0.5, 0.6) is 0 Å². The molecule has 0 saturated heterocycles. The van der Waals surface area contributed by atoms with Crippen molar-refractivity contribution in [3.05, 3.63) is 42.2 Å². The maximum atomic E-state index is 10.6. The molecule has 0 radical (unpaired) electrons. The summed E-state index contributed by atoms with van der Waals surface area (Å²) in [4.78, 5) is 10.6. The van der Waals surface area contributed by atoms with E-state index in [4.69, 9.17) is 0 Å². The topological polar surface area (TPSA) is 47.8 Å². The van der Waals surface area contributed by atoms with Gasteiger partial charge in [-0.1, -0.05) is 23.4 Å². The first-order valence-corrected chi connectivity index (χ1v) is 3.83. The van der Waals surface area contributed by atoms with Gasteiger partial charge in [-0.25, -0.2) is 4.68 Å². The minimum absolute atomic E-state index is 0.450. The van der Waals surface area contributed by atoms with Gasteiger partial charge in [-0.3, -0.25) is 4.79 Å². The molecule has 64 valence electrons. The van der Waals surface area contributed by atoms with Crippen LogP contribution in [-0.2, 0) is 0 Å². The van der Waals surface area contributed by atoms with E-state index in [-0.39, 0.29) is 0 Å². The van der Waals surface area contributed by atoms with Gasteiger partial charge in [0.2, 0.25) is 0 Å². The number of nitrogens with zero attached hydrogens (tertiary/aromatic N) is 3. The Morgan fingerprint density at radius 1 is 1.23 bits per heavy atom. The lowest BCUT2D eigenvalue weighted by Crippen LogP contribution is -2.00. The average molecular weight is 173 g/mol. The molecule has 0 amide bonds. The zero-order valence-electron chi connectivity index (χ0n) is 6.79. The molecule has 13 heavy (non-hydrogen) atoms. The van der Waals surface area contributed by atoms with Gasteiger partial charge < -0.3 is 0 Å². The normalized spacial score (nSPS) is 9.85. The molecule has 0 unspecified atom stereocenters. The van der Waals surface area contributed by atoms with E-state index in [0.29, 0.717) is 5.69 Å². The summed E-state index contributed by atoms with van der Waals surface area (Å²) in [5.41, 5.74) is 1.29. The Kier molecular flexibility index (Phi) is 1.88. The largest absolute Gasteiger partial charge is 0.296 e. The molecule has 2 aromatic rings. The van der Waals surface area contributed by atoms with Gasteiger partial charge in [-0.05, 0) is 12.1 Å². The number of benzene rings is 1. The second-order valence-corrected chi connectivity index (χ2v) is 2.52. The van der Waals surface area contributed by atoms with Crippen molar-refractivity contribution in [1.29, 1.82) is 0 Å². The highest BCUT2D eigenvalue weighted by molar-refractivity contribution is 5.72. The van der Waals surface area contributed by atoms with Crippen LogP contribution in [0.2, 0.25) is 0 Å². The molecule has 1 aromatic heterocycles. The van der Waals surface area contributed by atoms with E-state index in [1.807, 2.05) is 30.3 Å². The summed E-state index contributed by atoms with van der Waals surface area (Å²) in [7, 11) is 0. The highest BCUT2D eigenvalue weighted by Gasteiger charge is 2.02. The van der Waals surface area contributed by atoms with Crippen LogP contribution in [0.4, 0.5) is 0 Å². The van der Waals surface area contributed by atoms with Gasteiger partial charge in [0.15, 0.2) is 6.29 Å². The maximum absolute atomic E-state index is 10.6. The Morgan fingerprint density at radius 3 is 2.69 bits per heavy atom. The third-order valence-corrected chi connectivity index (χ3v) is 1.70. The minimum atomic E-state index is 0.450. The maximum Gasteiger partial charge on any atom is 0.170 e. The van der Waals surface area contributed by atoms with E-state index in [0.717, 1.165) is 12.0 Å². The second-order valence-electron chi connectivity index (χ2n) is 2.52. The van der Waals surface area contributed by atoms with Crippen LogP contribution in [0.25, 0.3) is 5.69 Å². The Labute approximate surface area is 74.8 Å². The third kappa shape index (κ3) is 1.33. The van der Waals surface area contributed by atoms with Crippen LogP contribution in [0.15, 0.2) is 36.5 Å². The fourth-order valence-electron chi connectivity index (χ4n) is 1.09. The average Bonchev–Trinajstić information content (AvgIpc) is 2.67. The van der Waals surface area contributed by atoms with E-state index in [9.17, 15) is 4.79 Å². The van der Waals surface area contributed by atoms with E-state index in [1.165, 1.54) is 10.9 Å². The number of carbonyl (C=O) groups is 1. The van der Waals surface area contributed by atoms with Crippen LogP contribution in [0.3, 0.4) is 0 Å². The lowest BCUT2D eigenvalue weighted by atomic mass is 10.3. The third-order valence-electron chi connectivity index (χ3n) is 1.70. The van der Waals surface area contributed by atoms with E-state index >= 15 is 0 Å². The monoisotopic (exact) mass is 173 g/mol. The van der Waals surface area contributed by atoms with E-state index < -0.39 is 0 Å². The zero-order chi connectivity index (χ0) is 9.10. The lowest BCUT2D eigenvalue weighted by molar-refractivity contribution is 0.111. The van der Waals surface area contributed by atoms with Gasteiger partial charge in [0, 0.05) is 0 Å². The van der Waals surface area contributed by atoms with Crippen molar-refractivity contribution in [3.8, 4) is 5.69 Å². The Hall–Kier alpha value is -1.97. The lowest BCUT2D eigenvalue weighted by Gasteiger charge is -1.99. The van der Waals surface area contributed by atoms with Crippen LogP contribution in [0, 0.1) is 0 Å². The zero-order valence-corrected chi connectivity index (χ0v) is 6.79. The molecule has 1 aromatic carbocycles. The van der Waals surface area contributed by atoms with Gasteiger partial charge >= 0.3 is 0 Å². The molecule has 4 heteroatoms. The first kappa shape index (κ1) is 7.67. The number of hydrogen-bond donors (Lipinski definition) is 0. The Balaban J connectivity index is 2.52. The molecule has 2 rings (SSSR count). The molecule has 0 N–H and O–H groups in total. The predicted molar refractivity (Wildman–Crippen MR) is 46.7 cm³/mol. The number of rotatable bonds is 2. The predicted octanol–water partition coefficient (Wildman–Crippen LogP) is 1.08. The minimum Gasteiger partial charge on any atom is -0.296 e. The van der Waals surface area contributed by atoms with Crippen LogP contribution < -0.4 is 0 Å². The number of carbonyl (C=O) groups excluding carboxylic acids is 1. The summed E-state index contributed by atoms with van der Waals surface area (Å²) in [5.74, 6) is 0. The molecule has 0 saturated carbocycles. The summed E-state index contributed by atoms with van der Waals surface area (Å²) in [6.07, 6.45) is 2.16. The first-order valence-electron chi connectivity index (χ1n) is 3.83. The Morgan fingerprint density at radius 2 is 2.00 bits per heavy atom. The van der Waals surface area contributed by atoms with Crippen molar-refractivity contribution in [2.75, 3.05) is 0 Å². The molecule has 4 nitrogen and oxygen atoms in total. The molecule has 0 fully saturated rings. The second kappa shape index (κ2) is 3.18. The van der Waals surface area contributed by atoms with Crippen molar-refractivity contribution < 1.29 is 4.79 Å².